The second-order valence-electron chi connectivity index (χ2n) is 13.4. The number of carbonyl (C=O) groups is 2. The highest BCUT2D eigenvalue weighted by atomic mass is 19.4. The highest BCUT2D eigenvalue weighted by molar-refractivity contribution is 5.84. The zero-order chi connectivity index (χ0) is 45.2. The Morgan fingerprint density at radius 1 is 0.565 bits per heavy atom. The maximum absolute atomic E-state index is 13.5. The van der Waals surface area contributed by atoms with E-state index in [0.717, 1.165) is 21.7 Å². The van der Waals surface area contributed by atoms with Gasteiger partial charge in [0.15, 0.2) is 11.6 Å². The topological polar surface area (TPSA) is 184 Å². The molecule has 6 heterocycles. The van der Waals surface area contributed by atoms with Crippen molar-refractivity contribution in [1.82, 2.24) is 49.9 Å². The predicted molar refractivity (Wildman–Crippen MR) is 206 cm³/mol. The molecule has 0 radical (unpaired) electrons. The standard InChI is InChI=1S/2C20H20F3N5O3/c2*1-12(30-2)18-14(10-24-11-17(18)31-3)8-15(29)6-13-7-16(20(21,22)23)19(25-9-13)28-26-4-5-27-28/h2*4-5,7,9-12H,6,8H2,1-3H3/t2*12-/m10/s1. The number of hydrogen-bond acceptors (Lipinski definition) is 14. The molecule has 22 heteroatoms. The van der Waals surface area contributed by atoms with Gasteiger partial charge in [-0.05, 0) is 48.2 Å². The van der Waals surface area contributed by atoms with Gasteiger partial charge in [0.05, 0.1) is 63.6 Å². The van der Waals surface area contributed by atoms with Crippen LogP contribution in [-0.4, -0.2) is 89.9 Å². The molecule has 328 valence electrons. The Hall–Kier alpha value is -6.68. The summed E-state index contributed by atoms with van der Waals surface area (Å²) in [7, 11) is 6.01. The number of alkyl halides is 6. The van der Waals surface area contributed by atoms with Gasteiger partial charge in [0.2, 0.25) is 0 Å². The molecule has 62 heavy (non-hydrogen) atoms. The second-order valence-corrected chi connectivity index (χ2v) is 13.4. The molecule has 0 aromatic carbocycles. The fraction of sp³-hybridized carbons (Fsp3) is 0.350. The third-order valence-corrected chi connectivity index (χ3v) is 9.28. The summed E-state index contributed by atoms with van der Waals surface area (Å²) in [6.45, 7) is 3.60. The van der Waals surface area contributed by atoms with E-state index in [1.807, 2.05) is 0 Å². The van der Waals surface area contributed by atoms with Gasteiger partial charge in [-0.15, -0.1) is 9.59 Å². The summed E-state index contributed by atoms with van der Waals surface area (Å²) in [4.78, 5) is 42.7. The first-order valence-electron chi connectivity index (χ1n) is 18.4. The fourth-order valence-corrected chi connectivity index (χ4v) is 6.34. The fourth-order valence-electron chi connectivity index (χ4n) is 6.34. The molecule has 6 aromatic rings. The number of ether oxygens (including phenoxy) is 4. The molecule has 0 aliphatic carbocycles. The zero-order valence-corrected chi connectivity index (χ0v) is 34.1. The number of ketones is 2. The Labute approximate surface area is 350 Å². The van der Waals surface area contributed by atoms with Crippen molar-refractivity contribution < 1.29 is 54.9 Å². The van der Waals surface area contributed by atoms with E-state index < -0.39 is 35.1 Å². The highest BCUT2D eigenvalue weighted by Crippen LogP contribution is 2.36. The smallest absolute Gasteiger partial charge is 0.420 e. The van der Waals surface area contributed by atoms with Gasteiger partial charge >= 0.3 is 12.4 Å². The monoisotopic (exact) mass is 870 g/mol. The van der Waals surface area contributed by atoms with Gasteiger partial charge < -0.3 is 18.9 Å². The molecule has 0 spiro atoms. The van der Waals surface area contributed by atoms with Crippen LogP contribution in [0.1, 0.15) is 70.6 Å². The molecule has 16 nitrogen and oxygen atoms in total. The Balaban J connectivity index is 0.000000234. The maximum Gasteiger partial charge on any atom is 0.420 e. The van der Waals surface area contributed by atoms with Crippen molar-refractivity contribution in [3.05, 3.63) is 119 Å². The normalized spacial score (nSPS) is 12.6. The van der Waals surface area contributed by atoms with Crippen LogP contribution in [0.15, 0.2) is 74.1 Å². The number of rotatable bonds is 16. The minimum atomic E-state index is -4.69. The molecule has 0 saturated heterocycles. The summed E-state index contributed by atoms with van der Waals surface area (Å²) in [5, 5.41) is 14.8. The third-order valence-electron chi connectivity index (χ3n) is 9.28. The molecule has 0 amide bonds. The largest absolute Gasteiger partial charge is 0.495 e. The van der Waals surface area contributed by atoms with E-state index in [1.165, 1.54) is 90.4 Å². The van der Waals surface area contributed by atoms with E-state index in [-0.39, 0.29) is 60.6 Å². The Morgan fingerprint density at radius 2 is 0.919 bits per heavy atom. The van der Waals surface area contributed by atoms with Crippen molar-refractivity contribution in [3.63, 3.8) is 0 Å². The first kappa shape index (κ1) is 46.4. The van der Waals surface area contributed by atoms with Crippen LogP contribution in [0.5, 0.6) is 11.5 Å². The molecule has 0 saturated carbocycles. The summed E-state index contributed by atoms with van der Waals surface area (Å²) < 4.78 is 103. The van der Waals surface area contributed by atoms with Crippen LogP contribution in [-0.2, 0) is 57.1 Å². The van der Waals surface area contributed by atoms with Crippen molar-refractivity contribution in [1.29, 1.82) is 0 Å². The first-order valence-corrected chi connectivity index (χ1v) is 18.4. The van der Waals surface area contributed by atoms with E-state index in [2.05, 4.69) is 40.3 Å². The minimum Gasteiger partial charge on any atom is -0.495 e. The van der Waals surface area contributed by atoms with Gasteiger partial charge in [-0.3, -0.25) is 19.6 Å². The van der Waals surface area contributed by atoms with Gasteiger partial charge in [-0.2, -0.15) is 46.7 Å². The lowest BCUT2D eigenvalue weighted by Gasteiger charge is -2.18. The van der Waals surface area contributed by atoms with Gasteiger partial charge in [-0.25, -0.2) is 9.97 Å². The summed E-state index contributed by atoms with van der Waals surface area (Å²) in [6, 6.07) is 1.79. The van der Waals surface area contributed by atoms with Crippen LogP contribution in [0.25, 0.3) is 11.6 Å². The van der Waals surface area contributed by atoms with Crippen LogP contribution in [0.4, 0.5) is 26.3 Å². The molecule has 0 bridgehead atoms. The molecule has 0 fully saturated rings. The molecular formula is C40H40F6N10O6. The number of nitrogens with zero attached hydrogens (tertiary/aromatic N) is 10. The summed E-state index contributed by atoms with van der Waals surface area (Å²) in [6.07, 6.45) is 2.85. The second kappa shape index (κ2) is 20.3. The number of methoxy groups -OCH3 is 4. The number of carbonyl (C=O) groups excluding carboxylic acids is 2. The Kier molecular flexibility index (Phi) is 15.2. The van der Waals surface area contributed by atoms with Gasteiger partial charge in [0, 0.05) is 75.8 Å². The lowest BCUT2D eigenvalue weighted by Crippen LogP contribution is -2.16. The van der Waals surface area contributed by atoms with Crippen molar-refractivity contribution in [2.45, 2.75) is 64.1 Å². The van der Waals surface area contributed by atoms with Crippen molar-refractivity contribution in [3.8, 4) is 23.1 Å². The lowest BCUT2D eigenvalue weighted by atomic mass is 9.97. The molecule has 0 aliphatic heterocycles. The molecule has 6 aromatic heterocycles. The maximum atomic E-state index is 13.5. The van der Waals surface area contributed by atoms with Crippen molar-refractivity contribution >= 4 is 11.6 Å². The highest BCUT2D eigenvalue weighted by Gasteiger charge is 2.37. The van der Waals surface area contributed by atoms with Crippen LogP contribution in [0.3, 0.4) is 0 Å². The van der Waals surface area contributed by atoms with E-state index in [9.17, 15) is 35.9 Å². The molecular weight excluding hydrogens is 830 g/mol. The minimum absolute atomic E-state index is 0.0446. The van der Waals surface area contributed by atoms with E-state index in [1.54, 1.807) is 13.8 Å². The average Bonchev–Trinajstić information content (AvgIpc) is 3.99. The van der Waals surface area contributed by atoms with Crippen LogP contribution >= 0.6 is 0 Å². The van der Waals surface area contributed by atoms with Gasteiger partial charge in [0.25, 0.3) is 0 Å². The summed E-state index contributed by atoms with van der Waals surface area (Å²) in [5.41, 5.74) is 0.720. The lowest BCUT2D eigenvalue weighted by molar-refractivity contribution is -0.138. The molecule has 0 N–H and O–H groups in total. The van der Waals surface area contributed by atoms with Crippen LogP contribution < -0.4 is 9.47 Å². The quantitative estimate of drug-likeness (QED) is 0.0989. The Morgan fingerprint density at radius 3 is 1.23 bits per heavy atom. The number of pyridine rings is 4. The first-order chi connectivity index (χ1) is 29.5. The molecule has 6 rings (SSSR count). The number of aromatic nitrogens is 10. The molecule has 2 atom stereocenters. The van der Waals surface area contributed by atoms with Crippen molar-refractivity contribution in [2.24, 2.45) is 0 Å². The Bertz CT molecular complexity index is 2280. The molecule has 0 unspecified atom stereocenters. The van der Waals surface area contributed by atoms with Gasteiger partial charge in [0.1, 0.15) is 34.2 Å². The van der Waals surface area contributed by atoms with E-state index >= 15 is 0 Å². The van der Waals surface area contributed by atoms with Crippen molar-refractivity contribution in [2.75, 3.05) is 28.4 Å². The summed E-state index contributed by atoms with van der Waals surface area (Å²) in [5.74, 6) is -0.587. The molecule has 0 aliphatic rings. The average molecular weight is 871 g/mol. The van der Waals surface area contributed by atoms with E-state index in [4.69, 9.17) is 18.9 Å². The number of halogens is 6. The third kappa shape index (κ3) is 11.4. The van der Waals surface area contributed by atoms with Gasteiger partial charge in [-0.1, -0.05) is 0 Å². The van der Waals surface area contributed by atoms with E-state index in [0.29, 0.717) is 33.8 Å². The number of hydrogen-bond donors (Lipinski definition) is 0. The SMILES string of the molecule is COc1cncc(CC(=O)Cc2cnc(-n3nccn3)c(C(F)(F)F)c2)c1[C@@H](C)OC.COc1cncc(CC(=O)Cc2cnc(-n3nccn3)c(C(F)(F)F)c2)c1[C@H](C)OC. The van der Waals surface area contributed by atoms with Crippen LogP contribution in [0.2, 0.25) is 0 Å². The number of Topliss-reactive ketones (excluding diaryl/α,β-unsaturated/α-hetero) is 2. The van der Waals surface area contributed by atoms with Crippen LogP contribution in [0, 0.1) is 0 Å². The zero-order valence-electron chi connectivity index (χ0n) is 34.1. The summed E-state index contributed by atoms with van der Waals surface area (Å²) >= 11 is 0. The predicted octanol–water partition coefficient (Wildman–Crippen LogP) is 6.29.